The summed E-state index contributed by atoms with van der Waals surface area (Å²) in [6.07, 6.45) is -0.283. The molecule has 0 aromatic heterocycles. The summed E-state index contributed by atoms with van der Waals surface area (Å²) in [5, 5.41) is 5.63. The first-order valence-corrected chi connectivity index (χ1v) is 9.70. The van der Waals surface area contributed by atoms with E-state index in [9.17, 15) is 9.59 Å². The molecule has 2 aromatic carbocycles. The van der Waals surface area contributed by atoms with Gasteiger partial charge in [0.2, 0.25) is 0 Å². The van der Waals surface area contributed by atoms with Gasteiger partial charge in [-0.2, -0.15) is 0 Å². The average Bonchev–Trinajstić information content (AvgIpc) is 2.67. The Bertz CT molecular complexity index is 919. The van der Waals surface area contributed by atoms with Crippen molar-refractivity contribution in [3.8, 4) is 5.75 Å². The zero-order valence-corrected chi connectivity index (χ0v) is 17.1. The minimum atomic E-state index is -0.666. The van der Waals surface area contributed by atoms with Crippen molar-refractivity contribution in [2.24, 2.45) is 0 Å². The molecule has 0 fully saturated rings. The summed E-state index contributed by atoms with van der Waals surface area (Å²) in [7, 11) is 0. The highest BCUT2D eigenvalue weighted by atomic mass is 16.5. The predicted octanol–water partition coefficient (Wildman–Crippen LogP) is 4.19. The van der Waals surface area contributed by atoms with Crippen LogP contribution in [0.5, 0.6) is 5.75 Å². The number of benzene rings is 2. The zero-order valence-electron chi connectivity index (χ0n) is 17.1. The third-order valence-corrected chi connectivity index (χ3v) is 4.26. The van der Waals surface area contributed by atoms with Crippen LogP contribution in [0.1, 0.15) is 44.9 Å². The van der Waals surface area contributed by atoms with E-state index in [0.717, 1.165) is 11.1 Å². The highest BCUT2D eigenvalue weighted by molar-refractivity contribution is 6.04. The summed E-state index contributed by atoms with van der Waals surface area (Å²) in [6.45, 7) is 7.47. The summed E-state index contributed by atoms with van der Waals surface area (Å²) in [5.74, 6) is 0.189. The number of hydrogen-bond donors (Lipinski definition) is 2. The second-order valence-corrected chi connectivity index (χ2v) is 7.38. The molecule has 1 heterocycles. The maximum atomic E-state index is 13.0. The van der Waals surface area contributed by atoms with Gasteiger partial charge in [-0.25, -0.2) is 9.59 Å². The van der Waals surface area contributed by atoms with Gasteiger partial charge >= 0.3 is 12.0 Å². The first kappa shape index (κ1) is 20.5. The van der Waals surface area contributed by atoms with Crippen LogP contribution in [0.3, 0.4) is 0 Å². The lowest BCUT2D eigenvalue weighted by Crippen LogP contribution is -2.45. The lowest BCUT2D eigenvalue weighted by molar-refractivity contribution is -0.143. The molecule has 1 aliphatic rings. The van der Waals surface area contributed by atoms with Crippen molar-refractivity contribution in [1.29, 1.82) is 0 Å². The molecule has 0 saturated carbocycles. The highest BCUT2D eigenvalue weighted by Crippen LogP contribution is 2.33. The Labute approximate surface area is 170 Å². The van der Waals surface area contributed by atoms with Gasteiger partial charge in [0, 0.05) is 0 Å². The van der Waals surface area contributed by atoms with Crippen molar-refractivity contribution in [2.45, 2.75) is 45.9 Å². The van der Waals surface area contributed by atoms with Crippen molar-refractivity contribution < 1.29 is 19.1 Å². The van der Waals surface area contributed by atoms with Gasteiger partial charge in [-0.05, 0) is 51.0 Å². The Morgan fingerprint density at radius 3 is 2.34 bits per heavy atom. The minimum Gasteiger partial charge on any atom is -0.491 e. The quantitative estimate of drug-likeness (QED) is 0.720. The summed E-state index contributed by atoms with van der Waals surface area (Å²) in [5.41, 5.74) is 2.27. The van der Waals surface area contributed by atoms with E-state index in [0.29, 0.717) is 17.0 Å². The van der Waals surface area contributed by atoms with Crippen LogP contribution in [0.2, 0.25) is 0 Å². The molecular formula is C23H26N2O4. The molecular weight excluding hydrogens is 368 g/mol. The van der Waals surface area contributed by atoms with Crippen LogP contribution in [0.25, 0.3) is 5.70 Å². The van der Waals surface area contributed by atoms with Gasteiger partial charge in [0.05, 0.1) is 29.5 Å². The third-order valence-electron chi connectivity index (χ3n) is 4.26. The molecule has 2 N–H and O–H groups in total. The molecule has 3 rings (SSSR count). The van der Waals surface area contributed by atoms with Crippen molar-refractivity contribution in [2.75, 3.05) is 0 Å². The molecule has 6 heteroatoms. The molecule has 1 aliphatic heterocycles. The zero-order chi connectivity index (χ0) is 21.0. The number of ether oxygens (including phenoxy) is 2. The molecule has 1 atom stereocenters. The third kappa shape index (κ3) is 4.96. The van der Waals surface area contributed by atoms with E-state index in [1.54, 1.807) is 13.8 Å². The Hall–Kier alpha value is -3.28. The second-order valence-electron chi connectivity index (χ2n) is 7.38. The van der Waals surface area contributed by atoms with Crippen LogP contribution in [-0.2, 0) is 9.53 Å². The molecule has 0 bridgehead atoms. The number of urea groups is 1. The van der Waals surface area contributed by atoms with Gasteiger partial charge in [-0.1, -0.05) is 42.5 Å². The molecule has 0 spiro atoms. The van der Waals surface area contributed by atoms with Crippen molar-refractivity contribution in [3.63, 3.8) is 0 Å². The molecule has 1 unspecified atom stereocenters. The van der Waals surface area contributed by atoms with Gasteiger partial charge in [0.1, 0.15) is 5.75 Å². The van der Waals surface area contributed by atoms with Crippen molar-refractivity contribution in [1.82, 2.24) is 10.6 Å². The largest absolute Gasteiger partial charge is 0.491 e. The van der Waals surface area contributed by atoms with Crippen molar-refractivity contribution >= 4 is 17.7 Å². The van der Waals surface area contributed by atoms with Crippen molar-refractivity contribution in [3.05, 3.63) is 71.3 Å². The van der Waals surface area contributed by atoms with E-state index in [1.807, 2.05) is 68.4 Å². The number of esters is 1. The van der Waals surface area contributed by atoms with E-state index in [4.69, 9.17) is 9.47 Å². The van der Waals surface area contributed by atoms with Crippen LogP contribution in [0.15, 0.2) is 60.2 Å². The van der Waals surface area contributed by atoms with E-state index in [-0.39, 0.29) is 18.2 Å². The molecule has 0 aliphatic carbocycles. The Morgan fingerprint density at radius 1 is 0.966 bits per heavy atom. The van der Waals surface area contributed by atoms with E-state index in [1.165, 1.54) is 0 Å². The number of carbonyl (C=O) groups is 2. The fraction of sp³-hybridized carbons (Fsp3) is 0.304. The fourth-order valence-electron chi connectivity index (χ4n) is 3.18. The maximum absolute atomic E-state index is 13.0. The maximum Gasteiger partial charge on any atom is 0.338 e. The van der Waals surface area contributed by atoms with Crippen LogP contribution >= 0.6 is 0 Å². The summed E-state index contributed by atoms with van der Waals surface area (Å²) in [4.78, 5) is 25.5. The van der Waals surface area contributed by atoms with E-state index in [2.05, 4.69) is 10.6 Å². The minimum absolute atomic E-state index is 0.00802. The molecule has 6 nitrogen and oxygen atoms in total. The topological polar surface area (TPSA) is 76.7 Å². The van der Waals surface area contributed by atoms with Crippen LogP contribution in [0.4, 0.5) is 4.79 Å². The summed E-state index contributed by atoms with van der Waals surface area (Å²) >= 11 is 0. The summed E-state index contributed by atoms with van der Waals surface area (Å²) < 4.78 is 11.3. The highest BCUT2D eigenvalue weighted by Gasteiger charge is 2.35. The van der Waals surface area contributed by atoms with Gasteiger partial charge in [-0.3, -0.25) is 0 Å². The molecule has 2 aromatic rings. The number of nitrogens with one attached hydrogen (secondary N) is 2. The molecule has 0 radical (unpaired) electrons. The predicted molar refractivity (Wildman–Crippen MR) is 111 cm³/mol. The molecule has 2 amide bonds. The molecule has 0 saturated heterocycles. The first-order chi connectivity index (χ1) is 13.8. The number of carbonyl (C=O) groups excluding carboxylic acids is 2. The lowest BCUT2D eigenvalue weighted by Gasteiger charge is -2.30. The van der Waals surface area contributed by atoms with Gasteiger partial charge in [0.25, 0.3) is 0 Å². The van der Waals surface area contributed by atoms with Gasteiger partial charge in [-0.15, -0.1) is 0 Å². The van der Waals surface area contributed by atoms with Gasteiger partial charge in [0.15, 0.2) is 0 Å². The molecule has 152 valence electrons. The average molecular weight is 394 g/mol. The second kappa shape index (κ2) is 8.82. The smallest absolute Gasteiger partial charge is 0.338 e. The Morgan fingerprint density at radius 2 is 1.69 bits per heavy atom. The normalized spacial score (nSPS) is 16.5. The van der Waals surface area contributed by atoms with Crippen LogP contribution < -0.4 is 15.4 Å². The van der Waals surface area contributed by atoms with E-state index < -0.39 is 12.0 Å². The Balaban J connectivity index is 2.13. The SMILES string of the molecule is CC(C)OC(=O)C1=C(c2ccccc2)NC(=O)NC1c1cccc(OC(C)C)c1. The fourth-order valence-corrected chi connectivity index (χ4v) is 3.18. The number of amides is 2. The van der Waals surface area contributed by atoms with E-state index >= 15 is 0 Å². The first-order valence-electron chi connectivity index (χ1n) is 9.70. The monoisotopic (exact) mass is 394 g/mol. The number of rotatable bonds is 6. The molecule has 29 heavy (non-hydrogen) atoms. The van der Waals surface area contributed by atoms with Crippen LogP contribution in [0, 0.1) is 0 Å². The number of hydrogen-bond acceptors (Lipinski definition) is 4. The van der Waals surface area contributed by atoms with Crippen LogP contribution in [-0.4, -0.2) is 24.2 Å². The van der Waals surface area contributed by atoms with Gasteiger partial charge < -0.3 is 20.1 Å². The lowest BCUT2D eigenvalue weighted by atomic mass is 9.92. The Kier molecular flexibility index (Phi) is 6.22. The standard InChI is InChI=1S/C23H26N2O4/c1-14(2)28-18-12-8-11-17(13-18)21-19(22(26)29-15(3)4)20(24-23(27)25-21)16-9-6-5-7-10-16/h5-15,21H,1-4H3,(H2,24,25,27). The summed E-state index contributed by atoms with van der Waals surface area (Å²) in [6, 6.07) is 15.6.